The van der Waals surface area contributed by atoms with E-state index in [1.807, 2.05) is 0 Å². The average Bonchev–Trinajstić information content (AvgIpc) is 3.14. The van der Waals surface area contributed by atoms with Gasteiger partial charge in [0.05, 0.1) is 5.69 Å². The Balaban J connectivity index is 2.01. The first-order valence-corrected chi connectivity index (χ1v) is 9.10. The molecule has 1 aliphatic heterocycles. The molecule has 0 amide bonds. The van der Waals surface area contributed by atoms with E-state index in [2.05, 4.69) is 92.4 Å². The first-order valence-electron chi connectivity index (χ1n) is 6.83. The third kappa shape index (κ3) is 2.27. The van der Waals surface area contributed by atoms with Gasteiger partial charge in [0.15, 0.2) is 0 Å². The van der Waals surface area contributed by atoms with E-state index < -0.39 is 0 Å². The average molecular weight is 356 g/mol. The van der Waals surface area contributed by atoms with Crippen molar-refractivity contribution in [2.24, 2.45) is 0 Å². The third-order valence-corrected chi connectivity index (χ3v) is 6.12. The third-order valence-electron chi connectivity index (χ3n) is 3.65. The van der Waals surface area contributed by atoms with Crippen molar-refractivity contribution in [3.05, 3.63) is 76.0 Å². The van der Waals surface area contributed by atoms with Crippen molar-refractivity contribution in [1.82, 2.24) is 4.98 Å². The molecule has 2 aromatic carbocycles. The minimum Gasteiger partial charge on any atom is -0.354 e. The summed E-state index contributed by atoms with van der Waals surface area (Å²) < 4.78 is 1.11. The van der Waals surface area contributed by atoms with E-state index in [-0.39, 0.29) is 10.9 Å². The van der Waals surface area contributed by atoms with Crippen LogP contribution in [0.3, 0.4) is 0 Å². The first-order chi connectivity index (χ1) is 10.3. The van der Waals surface area contributed by atoms with E-state index >= 15 is 0 Å². The van der Waals surface area contributed by atoms with Crippen molar-refractivity contribution in [3.63, 3.8) is 0 Å². The van der Waals surface area contributed by atoms with Crippen LogP contribution in [-0.2, 0) is 0 Å². The molecular weight excluding hydrogens is 342 g/mol. The highest BCUT2D eigenvalue weighted by Gasteiger charge is 2.17. The summed E-state index contributed by atoms with van der Waals surface area (Å²) in [6.45, 7) is 0. The second-order valence-corrected chi connectivity index (χ2v) is 7.77. The topological polar surface area (TPSA) is 15.8 Å². The van der Waals surface area contributed by atoms with E-state index in [1.165, 1.54) is 27.1 Å². The second kappa shape index (κ2) is 5.24. The Morgan fingerprint density at radius 3 is 2.52 bits per heavy atom. The Kier molecular flexibility index (Phi) is 3.24. The number of nitrogens with one attached hydrogen (secondary N) is 1. The zero-order valence-electron chi connectivity index (χ0n) is 11.3. The van der Waals surface area contributed by atoms with Crippen LogP contribution in [0.4, 0.5) is 0 Å². The van der Waals surface area contributed by atoms with Crippen LogP contribution in [0, 0.1) is 0 Å². The molecule has 1 aliphatic rings. The minimum absolute atomic E-state index is 0.365. The van der Waals surface area contributed by atoms with Crippen LogP contribution in [-0.4, -0.2) is 4.98 Å². The van der Waals surface area contributed by atoms with Crippen molar-refractivity contribution in [2.45, 2.75) is 4.90 Å². The fourth-order valence-electron chi connectivity index (χ4n) is 2.73. The lowest BCUT2D eigenvalue weighted by atomic mass is 10.1. The van der Waals surface area contributed by atoms with Crippen LogP contribution in [0.25, 0.3) is 22.2 Å². The Morgan fingerprint density at radius 2 is 1.71 bits per heavy atom. The molecule has 104 valence electrons. The summed E-state index contributed by atoms with van der Waals surface area (Å²) in [7, 11) is -0.365. The van der Waals surface area contributed by atoms with Gasteiger partial charge in [-0.05, 0) is 29.0 Å². The van der Waals surface area contributed by atoms with Gasteiger partial charge >= 0.3 is 0 Å². The number of halogens is 1. The Morgan fingerprint density at radius 1 is 0.905 bits per heavy atom. The quantitative estimate of drug-likeness (QED) is 0.524. The molecule has 0 atom stereocenters. The lowest BCUT2D eigenvalue weighted by Crippen LogP contribution is -1.82. The summed E-state index contributed by atoms with van der Waals surface area (Å²) in [5.41, 5.74) is 3.67. The van der Waals surface area contributed by atoms with E-state index in [9.17, 15) is 0 Å². The van der Waals surface area contributed by atoms with Gasteiger partial charge in [0.1, 0.15) is 0 Å². The molecule has 0 fully saturated rings. The molecule has 0 unspecified atom stereocenters. The first kappa shape index (κ1) is 13.0. The van der Waals surface area contributed by atoms with E-state index in [1.54, 1.807) is 0 Å². The smallest absolute Gasteiger partial charge is 0.0592 e. The maximum atomic E-state index is 3.61. The number of aromatic amines is 1. The number of hydrogen-bond acceptors (Lipinski definition) is 0. The van der Waals surface area contributed by atoms with Gasteiger partial charge in [0.25, 0.3) is 0 Å². The van der Waals surface area contributed by atoms with Crippen LogP contribution in [0.15, 0.2) is 80.9 Å². The summed E-state index contributed by atoms with van der Waals surface area (Å²) >= 11 is 3.57. The number of fused-ring (bicyclic) bond motifs is 1. The van der Waals surface area contributed by atoms with Gasteiger partial charge in [0, 0.05) is 25.8 Å². The molecule has 2 heterocycles. The summed E-state index contributed by atoms with van der Waals surface area (Å²) in [4.78, 5) is 5.03. The molecule has 3 heteroatoms. The molecule has 0 radical (unpaired) electrons. The maximum Gasteiger partial charge on any atom is 0.0592 e. The highest BCUT2D eigenvalue weighted by molar-refractivity contribution is 9.10. The van der Waals surface area contributed by atoms with Crippen molar-refractivity contribution >= 4 is 37.7 Å². The molecule has 0 saturated carbocycles. The number of rotatable bonds is 2. The molecule has 1 nitrogen and oxygen atoms in total. The Bertz CT molecular complexity index is 864. The van der Waals surface area contributed by atoms with Gasteiger partial charge in [-0.3, -0.25) is 0 Å². The van der Waals surface area contributed by atoms with E-state index in [0.717, 1.165) is 4.47 Å². The van der Waals surface area contributed by atoms with Crippen LogP contribution in [0.2, 0.25) is 0 Å². The normalized spacial score (nSPS) is 15.2. The number of H-pyrrole nitrogens is 1. The number of thiol groups is 1. The largest absolute Gasteiger partial charge is 0.354 e. The molecule has 3 aromatic rings. The number of benzene rings is 2. The molecule has 1 N–H and O–H groups in total. The van der Waals surface area contributed by atoms with Gasteiger partial charge in [-0.15, -0.1) is 0 Å². The molecule has 21 heavy (non-hydrogen) atoms. The van der Waals surface area contributed by atoms with Crippen LogP contribution in [0.1, 0.15) is 0 Å². The Labute approximate surface area is 134 Å². The molecule has 0 bridgehead atoms. The zero-order valence-corrected chi connectivity index (χ0v) is 13.7. The molecular formula is C18H14BrNS. The number of hydrogen-bond donors (Lipinski definition) is 2. The van der Waals surface area contributed by atoms with Gasteiger partial charge in [-0.1, -0.05) is 58.4 Å². The van der Waals surface area contributed by atoms with E-state index in [0.29, 0.717) is 0 Å². The lowest BCUT2D eigenvalue weighted by Gasteiger charge is -2.13. The summed E-state index contributed by atoms with van der Waals surface area (Å²) in [5, 5.41) is 5.95. The lowest BCUT2D eigenvalue weighted by molar-refractivity contribution is 1.39. The number of allylic oxidation sites excluding steroid dienone is 2. The summed E-state index contributed by atoms with van der Waals surface area (Å²) in [6, 6.07) is 17.0. The van der Waals surface area contributed by atoms with Crippen molar-refractivity contribution in [1.29, 1.82) is 0 Å². The highest BCUT2D eigenvalue weighted by Crippen LogP contribution is 2.50. The fraction of sp³-hybridized carbons (Fsp3) is 0. The van der Waals surface area contributed by atoms with Crippen molar-refractivity contribution in [3.8, 4) is 11.3 Å². The Hall–Kier alpha value is -1.71. The second-order valence-electron chi connectivity index (χ2n) is 4.99. The predicted octanol–water partition coefficient (Wildman–Crippen LogP) is 6.00. The van der Waals surface area contributed by atoms with Crippen LogP contribution in [0.5, 0.6) is 0 Å². The molecule has 1 aromatic heterocycles. The maximum absolute atomic E-state index is 3.61. The van der Waals surface area contributed by atoms with Crippen LogP contribution < -0.4 is 0 Å². The predicted molar refractivity (Wildman–Crippen MR) is 97.0 cm³/mol. The van der Waals surface area contributed by atoms with Crippen molar-refractivity contribution < 1.29 is 0 Å². The van der Waals surface area contributed by atoms with Crippen LogP contribution >= 0.6 is 26.8 Å². The van der Waals surface area contributed by atoms with Gasteiger partial charge in [-0.2, -0.15) is 10.9 Å². The number of aromatic nitrogens is 1. The minimum atomic E-state index is -0.365. The van der Waals surface area contributed by atoms with Gasteiger partial charge in [-0.25, -0.2) is 0 Å². The molecule has 0 saturated heterocycles. The summed E-state index contributed by atoms with van der Waals surface area (Å²) in [5.74, 6) is 0. The van der Waals surface area contributed by atoms with Gasteiger partial charge in [0.2, 0.25) is 0 Å². The van der Waals surface area contributed by atoms with Gasteiger partial charge < -0.3 is 4.98 Å². The zero-order chi connectivity index (χ0) is 14.2. The number of para-hydroxylation sites is 1. The standard InChI is InChI=1S/C18H14BrNS/c19-14-7-5-6-13(12-14)17-18(21-10-3-4-11-21)15-8-1-2-9-16(15)20-17/h1-12,20-21H. The van der Waals surface area contributed by atoms with E-state index in [4.69, 9.17) is 0 Å². The SMILES string of the molecule is Brc1cccc(-c2[nH]c3ccccc3c2[SH]2C=CC=C2)c1. The molecule has 0 spiro atoms. The monoisotopic (exact) mass is 355 g/mol. The van der Waals surface area contributed by atoms with Crippen molar-refractivity contribution in [2.75, 3.05) is 0 Å². The summed E-state index contributed by atoms with van der Waals surface area (Å²) in [6.07, 6.45) is 4.30. The molecule has 4 rings (SSSR count). The fourth-order valence-corrected chi connectivity index (χ4v) is 5.01. The molecule has 0 aliphatic carbocycles. The highest BCUT2D eigenvalue weighted by atomic mass is 79.9.